The number of amides is 1. The van der Waals surface area contributed by atoms with Gasteiger partial charge in [0.15, 0.2) is 11.6 Å². The number of carbonyl (C=O) groups is 1. The molecule has 0 radical (unpaired) electrons. The lowest BCUT2D eigenvalue weighted by atomic mass is 10.1. The molecule has 21 heavy (non-hydrogen) atoms. The van der Waals surface area contributed by atoms with E-state index in [2.05, 4.69) is 5.32 Å². The number of carbonyl (C=O) groups excluding carboxylic acids is 1. The third-order valence-corrected chi connectivity index (χ3v) is 3.16. The van der Waals surface area contributed by atoms with E-state index in [1.54, 1.807) is 18.2 Å². The monoisotopic (exact) mass is 287 g/mol. The number of ether oxygens (including phenoxy) is 1. The van der Waals surface area contributed by atoms with Gasteiger partial charge in [-0.15, -0.1) is 0 Å². The summed E-state index contributed by atoms with van der Waals surface area (Å²) in [5, 5.41) is 2.83. The molecule has 0 saturated heterocycles. The van der Waals surface area contributed by atoms with Crippen LogP contribution in [0, 0.1) is 12.7 Å². The van der Waals surface area contributed by atoms with E-state index >= 15 is 0 Å². The molecule has 0 aromatic heterocycles. The Hall–Kier alpha value is -2.36. The second-order valence-electron chi connectivity index (χ2n) is 4.73. The largest absolute Gasteiger partial charge is 0.490 e. The molecule has 2 rings (SSSR count). The van der Waals surface area contributed by atoms with Gasteiger partial charge in [0.05, 0.1) is 13.0 Å². The first-order valence-electron chi connectivity index (χ1n) is 6.85. The van der Waals surface area contributed by atoms with Gasteiger partial charge in [0.1, 0.15) is 0 Å². The van der Waals surface area contributed by atoms with Gasteiger partial charge in [-0.1, -0.05) is 36.4 Å². The topological polar surface area (TPSA) is 38.3 Å². The molecule has 0 saturated carbocycles. The van der Waals surface area contributed by atoms with Crippen LogP contribution in [0.2, 0.25) is 0 Å². The Morgan fingerprint density at radius 3 is 2.62 bits per heavy atom. The second kappa shape index (κ2) is 7.43. The van der Waals surface area contributed by atoms with Crippen LogP contribution in [-0.4, -0.2) is 12.5 Å². The number of rotatable bonds is 6. The van der Waals surface area contributed by atoms with Crippen LogP contribution in [0.5, 0.6) is 5.75 Å². The first-order valence-corrected chi connectivity index (χ1v) is 6.85. The van der Waals surface area contributed by atoms with Gasteiger partial charge in [0.25, 0.3) is 0 Å². The van der Waals surface area contributed by atoms with Crippen molar-refractivity contribution in [3.8, 4) is 5.75 Å². The Labute approximate surface area is 123 Å². The van der Waals surface area contributed by atoms with Gasteiger partial charge in [-0.25, -0.2) is 4.39 Å². The molecule has 0 aliphatic heterocycles. The van der Waals surface area contributed by atoms with Crippen molar-refractivity contribution in [3.63, 3.8) is 0 Å². The van der Waals surface area contributed by atoms with Crippen molar-refractivity contribution in [1.82, 2.24) is 5.32 Å². The zero-order valence-electron chi connectivity index (χ0n) is 11.9. The average Bonchev–Trinajstić information content (AvgIpc) is 2.48. The fraction of sp³-hybridized carbons (Fsp3) is 0.235. The minimum atomic E-state index is -0.419. The average molecular weight is 287 g/mol. The molecule has 0 bridgehead atoms. The smallest absolute Gasteiger partial charge is 0.223 e. The molecule has 1 amide bonds. The van der Waals surface area contributed by atoms with Crippen molar-refractivity contribution in [1.29, 1.82) is 0 Å². The molecule has 110 valence electrons. The number of para-hydroxylation sites is 1. The molecule has 2 aromatic carbocycles. The summed E-state index contributed by atoms with van der Waals surface area (Å²) in [4.78, 5) is 11.7. The molecule has 0 unspecified atom stereocenters. The van der Waals surface area contributed by atoms with Gasteiger partial charge >= 0.3 is 0 Å². The number of hydrogen-bond donors (Lipinski definition) is 1. The molecule has 0 aliphatic carbocycles. The van der Waals surface area contributed by atoms with E-state index in [4.69, 9.17) is 4.74 Å². The molecule has 1 N–H and O–H groups in total. The summed E-state index contributed by atoms with van der Waals surface area (Å²) in [6, 6.07) is 14.0. The maximum atomic E-state index is 13.3. The number of hydrogen-bond acceptors (Lipinski definition) is 2. The van der Waals surface area contributed by atoms with Crippen LogP contribution < -0.4 is 10.1 Å². The maximum absolute atomic E-state index is 13.3. The number of halogens is 1. The molecule has 0 aliphatic rings. The fourth-order valence-electron chi connectivity index (χ4n) is 1.91. The molecule has 4 heteroatoms. The molecular weight excluding hydrogens is 269 g/mol. The van der Waals surface area contributed by atoms with Crippen LogP contribution in [0.1, 0.15) is 17.5 Å². The predicted octanol–water partition coefficient (Wildman–Crippen LogP) is 3.22. The lowest BCUT2D eigenvalue weighted by Crippen LogP contribution is -2.24. The molecule has 0 fully saturated rings. The quantitative estimate of drug-likeness (QED) is 0.886. The second-order valence-corrected chi connectivity index (χ2v) is 4.73. The van der Waals surface area contributed by atoms with Gasteiger partial charge < -0.3 is 10.1 Å². The van der Waals surface area contributed by atoms with Gasteiger partial charge in [-0.3, -0.25) is 4.79 Å². The van der Waals surface area contributed by atoms with Crippen molar-refractivity contribution in [2.75, 3.05) is 6.61 Å². The van der Waals surface area contributed by atoms with Gasteiger partial charge in [0.2, 0.25) is 5.91 Å². The Balaban J connectivity index is 1.73. The van der Waals surface area contributed by atoms with E-state index < -0.39 is 5.82 Å². The highest BCUT2D eigenvalue weighted by atomic mass is 19.1. The van der Waals surface area contributed by atoms with Crippen molar-refractivity contribution in [3.05, 3.63) is 65.5 Å². The highest BCUT2D eigenvalue weighted by Crippen LogP contribution is 2.15. The highest BCUT2D eigenvalue weighted by Gasteiger charge is 2.05. The van der Waals surface area contributed by atoms with Gasteiger partial charge in [0, 0.05) is 6.54 Å². The molecular formula is C17H18FNO2. The van der Waals surface area contributed by atoms with Crippen LogP contribution >= 0.6 is 0 Å². The molecule has 0 heterocycles. The van der Waals surface area contributed by atoms with E-state index in [0.717, 1.165) is 11.1 Å². The van der Waals surface area contributed by atoms with Gasteiger partial charge in [-0.2, -0.15) is 0 Å². The zero-order valence-corrected chi connectivity index (χ0v) is 11.9. The fourth-order valence-corrected chi connectivity index (χ4v) is 1.91. The first kappa shape index (κ1) is 15.0. The van der Waals surface area contributed by atoms with Crippen molar-refractivity contribution in [2.45, 2.75) is 19.9 Å². The Kier molecular flexibility index (Phi) is 5.32. The van der Waals surface area contributed by atoms with Crippen LogP contribution in [-0.2, 0) is 11.3 Å². The SMILES string of the molecule is Cc1ccccc1CNC(=O)CCOc1ccccc1F. The number of benzene rings is 2. The highest BCUT2D eigenvalue weighted by molar-refractivity contribution is 5.76. The van der Waals surface area contributed by atoms with E-state index in [1.165, 1.54) is 6.07 Å². The molecule has 0 atom stereocenters. The lowest BCUT2D eigenvalue weighted by molar-refractivity contribution is -0.121. The van der Waals surface area contributed by atoms with Crippen LogP contribution in [0.4, 0.5) is 4.39 Å². The third-order valence-electron chi connectivity index (χ3n) is 3.16. The summed E-state index contributed by atoms with van der Waals surface area (Å²) in [6.45, 7) is 2.65. The van der Waals surface area contributed by atoms with Crippen LogP contribution in [0.3, 0.4) is 0 Å². The van der Waals surface area contributed by atoms with E-state index in [-0.39, 0.29) is 24.7 Å². The van der Waals surface area contributed by atoms with Crippen LogP contribution in [0.25, 0.3) is 0 Å². The molecule has 3 nitrogen and oxygen atoms in total. The summed E-state index contributed by atoms with van der Waals surface area (Å²) < 4.78 is 18.5. The summed E-state index contributed by atoms with van der Waals surface area (Å²) in [6.07, 6.45) is 0.195. The van der Waals surface area contributed by atoms with E-state index in [9.17, 15) is 9.18 Å². The summed E-state index contributed by atoms with van der Waals surface area (Å²) in [7, 11) is 0. The maximum Gasteiger partial charge on any atom is 0.223 e. The van der Waals surface area contributed by atoms with E-state index in [1.807, 2.05) is 31.2 Å². The van der Waals surface area contributed by atoms with Crippen molar-refractivity contribution >= 4 is 5.91 Å². The predicted molar refractivity (Wildman–Crippen MR) is 79.5 cm³/mol. The minimum absolute atomic E-state index is 0.116. The van der Waals surface area contributed by atoms with Gasteiger partial charge in [-0.05, 0) is 30.2 Å². The summed E-state index contributed by atoms with van der Waals surface area (Å²) >= 11 is 0. The summed E-state index contributed by atoms with van der Waals surface area (Å²) in [5.41, 5.74) is 2.22. The van der Waals surface area contributed by atoms with Crippen molar-refractivity contribution < 1.29 is 13.9 Å². The number of aryl methyl sites for hydroxylation is 1. The van der Waals surface area contributed by atoms with E-state index in [0.29, 0.717) is 6.54 Å². The normalized spacial score (nSPS) is 10.2. The Morgan fingerprint density at radius 2 is 1.86 bits per heavy atom. The number of nitrogens with one attached hydrogen (secondary N) is 1. The summed E-state index contributed by atoms with van der Waals surface area (Å²) in [5.74, 6) is -0.364. The minimum Gasteiger partial charge on any atom is -0.490 e. The van der Waals surface area contributed by atoms with Crippen molar-refractivity contribution in [2.24, 2.45) is 0 Å². The zero-order chi connectivity index (χ0) is 15.1. The Bertz CT molecular complexity index is 613. The molecule has 0 spiro atoms. The van der Waals surface area contributed by atoms with Crippen LogP contribution in [0.15, 0.2) is 48.5 Å². The third kappa shape index (κ3) is 4.60. The first-order chi connectivity index (χ1) is 10.2. The standard InChI is InChI=1S/C17H18FNO2/c1-13-6-2-3-7-14(13)12-19-17(20)10-11-21-16-9-5-4-8-15(16)18/h2-9H,10-12H2,1H3,(H,19,20). The lowest BCUT2D eigenvalue weighted by Gasteiger charge is -2.09. The Morgan fingerprint density at radius 1 is 1.14 bits per heavy atom. The molecule has 2 aromatic rings.